The van der Waals surface area contributed by atoms with Crippen LogP contribution in [0.3, 0.4) is 0 Å². The van der Waals surface area contributed by atoms with E-state index in [1.165, 1.54) is 5.57 Å². The Labute approximate surface area is 107 Å². The average Bonchev–Trinajstić information content (AvgIpc) is 2.26. The first kappa shape index (κ1) is 14.5. The molecule has 0 saturated carbocycles. The van der Waals surface area contributed by atoms with E-state index in [2.05, 4.69) is 6.58 Å². The first-order valence-corrected chi connectivity index (χ1v) is 6.06. The summed E-state index contributed by atoms with van der Waals surface area (Å²) in [6.45, 7) is 7.71. The normalized spacial score (nSPS) is 25.1. The van der Waals surface area contributed by atoms with E-state index >= 15 is 0 Å². The van der Waals surface area contributed by atoms with Gasteiger partial charge in [0.1, 0.15) is 0 Å². The van der Waals surface area contributed by atoms with Crippen molar-refractivity contribution < 1.29 is 19.8 Å². The minimum atomic E-state index is -1.07. The summed E-state index contributed by atoms with van der Waals surface area (Å²) >= 11 is 0. The number of aliphatic carboxylic acids is 2. The Bertz CT molecular complexity index is 408. The van der Waals surface area contributed by atoms with Gasteiger partial charge in [0.2, 0.25) is 0 Å². The molecule has 0 radical (unpaired) electrons. The predicted octanol–water partition coefficient (Wildman–Crippen LogP) is 2.85. The first-order chi connectivity index (χ1) is 8.29. The van der Waals surface area contributed by atoms with Gasteiger partial charge in [-0.3, -0.25) is 9.59 Å². The number of carbonyl (C=O) groups is 2. The molecule has 2 atom stereocenters. The summed E-state index contributed by atoms with van der Waals surface area (Å²) in [5.41, 5.74) is 1.37. The molecule has 0 amide bonds. The van der Waals surface area contributed by atoms with Crippen molar-refractivity contribution >= 4 is 11.9 Å². The van der Waals surface area contributed by atoms with Gasteiger partial charge in [0.15, 0.2) is 0 Å². The molecular formula is C14H20O4. The van der Waals surface area contributed by atoms with Crippen molar-refractivity contribution in [3.8, 4) is 0 Å². The Hall–Kier alpha value is -1.58. The van der Waals surface area contributed by atoms with Crippen molar-refractivity contribution in [1.82, 2.24) is 0 Å². The Morgan fingerprint density at radius 3 is 2.44 bits per heavy atom. The lowest BCUT2D eigenvalue weighted by Gasteiger charge is -2.41. The first-order valence-electron chi connectivity index (χ1n) is 6.06. The molecule has 1 rings (SSSR count). The van der Waals surface area contributed by atoms with Gasteiger partial charge in [0.25, 0.3) is 0 Å². The fourth-order valence-corrected chi connectivity index (χ4v) is 2.68. The average molecular weight is 252 g/mol. The molecule has 4 nitrogen and oxygen atoms in total. The maximum absolute atomic E-state index is 11.4. The zero-order valence-corrected chi connectivity index (χ0v) is 10.9. The summed E-state index contributed by atoms with van der Waals surface area (Å²) in [6, 6.07) is 0. The van der Waals surface area contributed by atoms with Gasteiger partial charge in [-0.2, -0.15) is 0 Å². The zero-order chi connectivity index (χ0) is 13.9. The lowest BCUT2D eigenvalue weighted by molar-refractivity contribution is -0.152. The minimum Gasteiger partial charge on any atom is -0.481 e. The van der Waals surface area contributed by atoms with Gasteiger partial charge in [-0.05, 0) is 33.1 Å². The monoisotopic (exact) mass is 252 g/mol. The second-order valence-corrected chi connectivity index (χ2v) is 5.18. The van der Waals surface area contributed by atoms with Gasteiger partial charge in [0.05, 0.1) is 12.3 Å². The molecule has 18 heavy (non-hydrogen) atoms. The molecule has 1 aliphatic carbocycles. The fraction of sp³-hybridized carbons (Fsp3) is 0.571. The van der Waals surface area contributed by atoms with Crippen LogP contribution >= 0.6 is 0 Å². The summed E-state index contributed by atoms with van der Waals surface area (Å²) in [5.74, 6) is -3.03. The molecule has 0 heterocycles. The van der Waals surface area contributed by atoms with E-state index < -0.39 is 23.3 Å². The van der Waals surface area contributed by atoms with Crippen LogP contribution in [0.5, 0.6) is 0 Å². The Kier molecular flexibility index (Phi) is 4.33. The van der Waals surface area contributed by atoms with E-state index in [1.54, 1.807) is 6.92 Å². The number of hydrogen-bond acceptors (Lipinski definition) is 2. The summed E-state index contributed by atoms with van der Waals surface area (Å²) in [6.07, 6.45) is 3.69. The van der Waals surface area contributed by atoms with Crippen LogP contribution in [0.4, 0.5) is 0 Å². The molecule has 0 aromatic carbocycles. The van der Waals surface area contributed by atoms with E-state index in [9.17, 15) is 14.7 Å². The van der Waals surface area contributed by atoms with E-state index in [0.717, 1.165) is 12.0 Å². The quantitative estimate of drug-likeness (QED) is 0.738. The van der Waals surface area contributed by atoms with E-state index in [-0.39, 0.29) is 6.42 Å². The van der Waals surface area contributed by atoms with E-state index in [4.69, 9.17) is 5.11 Å². The van der Waals surface area contributed by atoms with Crippen molar-refractivity contribution in [3.63, 3.8) is 0 Å². The number of hydrogen-bond donors (Lipinski definition) is 2. The number of rotatable bonds is 5. The second kappa shape index (κ2) is 5.38. The maximum Gasteiger partial charge on any atom is 0.307 e. The third kappa shape index (κ3) is 2.81. The van der Waals surface area contributed by atoms with Gasteiger partial charge in [-0.15, -0.1) is 0 Å². The van der Waals surface area contributed by atoms with Crippen LogP contribution in [0.15, 0.2) is 23.8 Å². The SMILES string of the molecule is C=C(C)C1(C(CC(=O)O)C(=O)O)CC=C(C)CC1. The largest absolute Gasteiger partial charge is 0.481 e. The van der Waals surface area contributed by atoms with Gasteiger partial charge in [0, 0.05) is 5.41 Å². The summed E-state index contributed by atoms with van der Waals surface area (Å²) in [5, 5.41) is 18.2. The van der Waals surface area contributed by atoms with Crippen molar-refractivity contribution in [1.29, 1.82) is 0 Å². The van der Waals surface area contributed by atoms with Crippen molar-refractivity contribution in [2.75, 3.05) is 0 Å². The topological polar surface area (TPSA) is 74.6 Å². The molecule has 0 fully saturated rings. The van der Waals surface area contributed by atoms with Crippen LogP contribution in [0.1, 0.15) is 39.5 Å². The van der Waals surface area contributed by atoms with E-state index in [0.29, 0.717) is 12.8 Å². The van der Waals surface area contributed by atoms with Crippen LogP contribution in [0.2, 0.25) is 0 Å². The predicted molar refractivity (Wildman–Crippen MR) is 68.2 cm³/mol. The van der Waals surface area contributed by atoms with Crippen LogP contribution < -0.4 is 0 Å². The highest BCUT2D eigenvalue weighted by Crippen LogP contribution is 2.48. The Balaban J connectivity index is 3.13. The molecular weight excluding hydrogens is 232 g/mol. The summed E-state index contributed by atoms with van der Waals surface area (Å²) < 4.78 is 0. The standard InChI is InChI=1S/C14H20O4/c1-9(2)14(6-4-10(3)5-7-14)11(13(17)18)8-12(15)16/h4,11H,1,5-8H2,2-3H3,(H,15,16)(H,17,18). The second-order valence-electron chi connectivity index (χ2n) is 5.18. The lowest BCUT2D eigenvalue weighted by atomic mass is 9.62. The van der Waals surface area contributed by atoms with Crippen LogP contribution in [-0.4, -0.2) is 22.2 Å². The number of carboxylic acids is 2. The van der Waals surface area contributed by atoms with Crippen LogP contribution in [0, 0.1) is 11.3 Å². The molecule has 2 N–H and O–H groups in total. The third-order valence-corrected chi connectivity index (χ3v) is 3.97. The third-order valence-electron chi connectivity index (χ3n) is 3.97. The Morgan fingerprint density at radius 2 is 2.11 bits per heavy atom. The smallest absolute Gasteiger partial charge is 0.307 e. The minimum absolute atomic E-state index is 0.352. The highest BCUT2D eigenvalue weighted by Gasteiger charge is 2.45. The number of allylic oxidation sites excluding steroid dienone is 3. The van der Waals surface area contributed by atoms with Gasteiger partial charge >= 0.3 is 11.9 Å². The molecule has 0 bridgehead atoms. The van der Waals surface area contributed by atoms with Crippen molar-refractivity contribution in [2.24, 2.45) is 11.3 Å². The molecule has 100 valence electrons. The summed E-state index contributed by atoms with van der Waals surface area (Å²) in [4.78, 5) is 22.3. The highest BCUT2D eigenvalue weighted by molar-refractivity contribution is 5.79. The zero-order valence-electron chi connectivity index (χ0n) is 10.9. The van der Waals surface area contributed by atoms with Crippen molar-refractivity contribution in [3.05, 3.63) is 23.8 Å². The van der Waals surface area contributed by atoms with Gasteiger partial charge in [-0.25, -0.2) is 0 Å². The molecule has 4 heteroatoms. The molecule has 0 aliphatic heterocycles. The molecule has 0 spiro atoms. The summed E-state index contributed by atoms with van der Waals surface area (Å²) in [7, 11) is 0. The van der Waals surface area contributed by atoms with Crippen molar-refractivity contribution in [2.45, 2.75) is 39.5 Å². The van der Waals surface area contributed by atoms with E-state index in [1.807, 2.05) is 13.0 Å². The lowest BCUT2D eigenvalue weighted by Crippen LogP contribution is -2.39. The maximum atomic E-state index is 11.4. The highest BCUT2D eigenvalue weighted by atomic mass is 16.4. The molecule has 1 aliphatic rings. The van der Waals surface area contributed by atoms with Crippen LogP contribution in [-0.2, 0) is 9.59 Å². The van der Waals surface area contributed by atoms with Gasteiger partial charge < -0.3 is 10.2 Å². The molecule has 0 aromatic rings. The molecule has 0 saturated heterocycles. The molecule has 0 aromatic heterocycles. The van der Waals surface area contributed by atoms with Crippen LogP contribution in [0.25, 0.3) is 0 Å². The molecule has 2 unspecified atom stereocenters. The van der Waals surface area contributed by atoms with Gasteiger partial charge in [-0.1, -0.05) is 23.8 Å². The fourth-order valence-electron chi connectivity index (χ4n) is 2.68. The number of carboxylic acid groups (broad SMARTS) is 2. The Morgan fingerprint density at radius 1 is 1.50 bits per heavy atom.